The molecule has 1 rings (SSSR count). The third-order valence-corrected chi connectivity index (χ3v) is 2.24. The van der Waals surface area contributed by atoms with Crippen LogP contribution in [0.4, 0.5) is 11.4 Å². The van der Waals surface area contributed by atoms with Gasteiger partial charge < -0.3 is 20.7 Å². The summed E-state index contributed by atoms with van der Waals surface area (Å²) in [7, 11) is 3.93. The van der Waals surface area contributed by atoms with Gasteiger partial charge in [0.1, 0.15) is 12.4 Å². The molecule has 0 radical (unpaired) electrons. The normalized spacial score (nSPS) is 10.2. The lowest BCUT2D eigenvalue weighted by Crippen LogP contribution is -2.20. The van der Waals surface area contributed by atoms with Gasteiger partial charge in [-0.25, -0.2) is 0 Å². The maximum absolute atomic E-state index is 11.3. The molecule has 0 heterocycles. The number of hydrogen-bond acceptors (Lipinski definition) is 4. The first-order valence-electron chi connectivity index (χ1n) is 5.63. The zero-order valence-corrected chi connectivity index (χ0v) is 10.8. The molecule has 0 spiro atoms. The van der Waals surface area contributed by atoms with E-state index in [0.717, 1.165) is 6.54 Å². The van der Waals surface area contributed by atoms with Crippen molar-refractivity contribution >= 4 is 17.3 Å². The second-order valence-electron chi connectivity index (χ2n) is 4.10. The Balaban J connectivity index is 2.76. The number of benzene rings is 1. The second-order valence-corrected chi connectivity index (χ2v) is 4.10. The number of nitrogen functional groups attached to an aromatic ring is 1. The van der Waals surface area contributed by atoms with E-state index in [4.69, 9.17) is 10.5 Å². The fraction of sp³-hybridized carbons (Fsp3) is 0.308. The largest absolute Gasteiger partial charge is 0.490 e. The van der Waals surface area contributed by atoms with E-state index in [1.165, 1.54) is 6.08 Å². The molecule has 0 saturated heterocycles. The first-order valence-corrected chi connectivity index (χ1v) is 5.63. The molecule has 5 heteroatoms. The van der Waals surface area contributed by atoms with Crippen molar-refractivity contribution in [1.82, 2.24) is 4.90 Å². The number of anilines is 2. The summed E-state index contributed by atoms with van der Waals surface area (Å²) in [5.74, 6) is 0.305. The van der Waals surface area contributed by atoms with Crippen LogP contribution in [-0.4, -0.2) is 38.1 Å². The number of carbonyl (C=O) groups excluding carboxylic acids is 1. The molecular weight excluding hydrogens is 230 g/mol. The lowest BCUT2D eigenvalue weighted by Gasteiger charge is -2.14. The predicted molar refractivity (Wildman–Crippen MR) is 73.7 cm³/mol. The Kier molecular flexibility index (Phi) is 5.20. The number of nitrogens with two attached hydrogens (primary N) is 1. The standard InChI is InChI=1S/C13H19N3O2/c1-4-13(17)15-11-9-10(14)5-6-12(11)18-8-7-16(2)3/h4-6,9H,1,7-8,14H2,2-3H3,(H,15,17). The number of rotatable bonds is 6. The highest BCUT2D eigenvalue weighted by atomic mass is 16.5. The molecular formula is C13H19N3O2. The third-order valence-electron chi connectivity index (χ3n) is 2.24. The quantitative estimate of drug-likeness (QED) is 0.589. The molecule has 1 amide bonds. The number of nitrogens with zero attached hydrogens (tertiary/aromatic N) is 1. The van der Waals surface area contributed by atoms with Crippen molar-refractivity contribution in [2.75, 3.05) is 38.3 Å². The van der Waals surface area contributed by atoms with E-state index in [-0.39, 0.29) is 5.91 Å². The van der Waals surface area contributed by atoms with E-state index in [9.17, 15) is 4.79 Å². The van der Waals surface area contributed by atoms with Crippen molar-refractivity contribution in [2.45, 2.75) is 0 Å². The lowest BCUT2D eigenvalue weighted by molar-refractivity contribution is -0.111. The Morgan fingerprint density at radius 3 is 2.89 bits per heavy atom. The first-order chi connectivity index (χ1) is 8.52. The number of nitrogens with one attached hydrogen (secondary N) is 1. The highest BCUT2D eigenvalue weighted by Crippen LogP contribution is 2.26. The van der Waals surface area contributed by atoms with Gasteiger partial charge in [-0.3, -0.25) is 4.79 Å². The average Bonchev–Trinajstić information content (AvgIpc) is 2.31. The van der Waals surface area contributed by atoms with Gasteiger partial charge in [-0.2, -0.15) is 0 Å². The summed E-state index contributed by atoms with van der Waals surface area (Å²) in [4.78, 5) is 13.3. The van der Waals surface area contributed by atoms with Crippen LogP contribution in [0.1, 0.15) is 0 Å². The molecule has 1 aromatic carbocycles. The van der Waals surface area contributed by atoms with Gasteiger partial charge in [0.25, 0.3) is 0 Å². The Bertz CT molecular complexity index is 430. The molecule has 1 aromatic rings. The molecule has 5 nitrogen and oxygen atoms in total. The van der Waals surface area contributed by atoms with Crippen molar-refractivity contribution in [3.63, 3.8) is 0 Å². The molecule has 0 aliphatic heterocycles. The summed E-state index contributed by atoms with van der Waals surface area (Å²) in [5, 5.41) is 2.66. The van der Waals surface area contributed by atoms with Crippen molar-refractivity contribution in [1.29, 1.82) is 0 Å². The minimum Gasteiger partial charge on any atom is -0.490 e. The Hall–Kier alpha value is -2.01. The summed E-state index contributed by atoms with van der Waals surface area (Å²) in [6, 6.07) is 5.13. The van der Waals surface area contributed by atoms with Crippen LogP contribution in [0.25, 0.3) is 0 Å². The average molecular weight is 249 g/mol. The second kappa shape index (κ2) is 6.66. The number of carbonyl (C=O) groups is 1. The van der Waals surface area contributed by atoms with Crippen LogP contribution >= 0.6 is 0 Å². The minimum atomic E-state index is -0.293. The van der Waals surface area contributed by atoms with Crippen LogP contribution in [0.3, 0.4) is 0 Å². The molecule has 3 N–H and O–H groups in total. The van der Waals surface area contributed by atoms with Crippen molar-refractivity contribution < 1.29 is 9.53 Å². The van der Waals surface area contributed by atoms with Crippen LogP contribution in [0.5, 0.6) is 5.75 Å². The molecule has 0 bridgehead atoms. The van der Waals surface area contributed by atoms with E-state index < -0.39 is 0 Å². The summed E-state index contributed by atoms with van der Waals surface area (Å²) < 4.78 is 5.60. The van der Waals surface area contributed by atoms with Gasteiger partial charge in [0.15, 0.2) is 0 Å². The number of amides is 1. The molecule has 0 saturated carbocycles. The fourth-order valence-corrected chi connectivity index (χ4v) is 1.29. The minimum absolute atomic E-state index is 0.293. The van der Waals surface area contributed by atoms with E-state index in [1.807, 2.05) is 19.0 Å². The van der Waals surface area contributed by atoms with E-state index in [1.54, 1.807) is 18.2 Å². The molecule has 18 heavy (non-hydrogen) atoms. The number of hydrogen-bond donors (Lipinski definition) is 2. The molecule has 0 unspecified atom stereocenters. The molecule has 0 aromatic heterocycles. The van der Waals surface area contributed by atoms with Gasteiger partial charge in [-0.1, -0.05) is 6.58 Å². The van der Waals surface area contributed by atoms with Crippen LogP contribution in [-0.2, 0) is 4.79 Å². The number of ether oxygens (including phenoxy) is 1. The Labute approximate surface area is 107 Å². The molecule has 0 aliphatic carbocycles. The van der Waals surface area contributed by atoms with E-state index >= 15 is 0 Å². The Morgan fingerprint density at radius 2 is 2.28 bits per heavy atom. The van der Waals surface area contributed by atoms with Gasteiger partial charge in [0, 0.05) is 12.2 Å². The SMILES string of the molecule is C=CC(=O)Nc1cc(N)ccc1OCCN(C)C. The summed E-state index contributed by atoms with van der Waals surface area (Å²) in [6.45, 7) is 4.73. The molecule has 0 atom stereocenters. The zero-order valence-electron chi connectivity index (χ0n) is 10.8. The molecule has 0 aliphatic rings. The van der Waals surface area contributed by atoms with Crippen LogP contribution in [0.15, 0.2) is 30.9 Å². The lowest BCUT2D eigenvalue weighted by atomic mass is 10.2. The predicted octanol–water partition coefficient (Wildman–Crippen LogP) is 1.33. The van der Waals surface area contributed by atoms with Gasteiger partial charge in [-0.15, -0.1) is 0 Å². The smallest absolute Gasteiger partial charge is 0.247 e. The highest BCUT2D eigenvalue weighted by molar-refractivity contribution is 6.00. The van der Waals surface area contributed by atoms with E-state index in [0.29, 0.717) is 23.7 Å². The van der Waals surface area contributed by atoms with Crippen LogP contribution in [0, 0.1) is 0 Å². The first kappa shape index (κ1) is 14.1. The summed E-state index contributed by atoms with van der Waals surface area (Å²) in [6.07, 6.45) is 1.20. The van der Waals surface area contributed by atoms with Crippen molar-refractivity contribution in [3.05, 3.63) is 30.9 Å². The van der Waals surface area contributed by atoms with Crippen LogP contribution in [0.2, 0.25) is 0 Å². The van der Waals surface area contributed by atoms with Crippen LogP contribution < -0.4 is 15.8 Å². The van der Waals surface area contributed by atoms with Crippen molar-refractivity contribution in [2.24, 2.45) is 0 Å². The van der Waals surface area contributed by atoms with Gasteiger partial charge in [-0.05, 0) is 38.4 Å². The van der Waals surface area contributed by atoms with E-state index in [2.05, 4.69) is 11.9 Å². The van der Waals surface area contributed by atoms with Gasteiger partial charge in [0.2, 0.25) is 5.91 Å². The maximum Gasteiger partial charge on any atom is 0.247 e. The van der Waals surface area contributed by atoms with Gasteiger partial charge >= 0.3 is 0 Å². The highest BCUT2D eigenvalue weighted by Gasteiger charge is 2.06. The van der Waals surface area contributed by atoms with Crippen molar-refractivity contribution in [3.8, 4) is 5.75 Å². The topological polar surface area (TPSA) is 67.6 Å². The third kappa shape index (κ3) is 4.47. The van der Waals surface area contributed by atoms with Gasteiger partial charge in [0.05, 0.1) is 5.69 Å². The monoisotopic (exact) mass is 249 g/mol. The number of likely N-dealkylation sites (N-methyl/N-ethyl adjacent to an activating group) is 1. The summed E-state index contributed by atoms with van der Waals surface area (Å²) in [5.41, 5.74) is 6.80. The Morgan fingerprint density at radius 1 is 1.56 bits per heavy atom. The molecule has 98 valence electrons. The summed E-state index contributed by atoms with van der Waals surface area (Å²) >= 11 is 0. The molecule has 0 fully saturated rings. The zero-order chi connectivity index (χ0) is 13.5. The fourth-order valence-electron chi connectivity index (χ4n) is 1.29. The maximum atomic E-state index is 11.3.